The third-order valence-corrected chi connectivity index (χ3v) is 5.69. The summed E-state index contributed by atoms with van der Waals surface area (Å²) in [6.45, 7) is 2.29. The van der Waals surface area contributed by atoms with Crippen LogP contribution in [0.1, 0.15) is 62.7 Å². The lowest BCUT2D eigenvalue weighted by Gasteiger charge is -2.32. The Balaban J connectivity index is 1.58. The minimum Gasteiger partial charge on any atom is -0.370 e. The number of hydrogen-bond acceptors (Lipinski definition) is 1. The summed E-state index contributed by atoms with van der Waals surface area (Å²) in [7, 11) is 0. The highest BCUT2D eigenvalue weighted by atomic mass is 16.5. The molecule has 2 aliphatic rings. The topological polar surface area (TPSA) is 9.23 Å². The maximum atomic E-state index is 6.67. The molecule has 22 heavy (non-hydrogen) atoms. The van der Waals surface area contributed by atoms with E-state index in [0.29, 0.717) is 6.10 Å². The summed E-state index contributed by atoms with van der Waals surface area (Å²) in [5, 5.41) is 2.82. The number of benzene rings is 2. The SMILES string of the molecule is CCC(OC1Cc2cccc3cccc1c23)C1CCCCC1. The lowest BCUT2D eigenvalue weighted by molar-refractivity contribution is -0.0516. The van der Waals surface area contributed by atoms with Crippen LogP contribution in [0.4, 0.5) is 0 Å². The first kappa shape index (κ1) is 14.3. The summed E-state index contributed by atoms with van der Waals surface area (Å²) in [4.78, 5) is 0. The predicted octanol–water partition coefficient (Wildman–Crippen LogP) is 5.81. The van der Waals surface area contributed by atoms with Crippen LogP contribution in [0.5, 0.6) is 0 Å². The second kappa shape index (κ2) is 6.04. The molecular formula is C21H26O. The first-order valence-electron chi connectivity index (χ1n) is 9.03. The molecule has 0 heterocycles. The van der Waals surface area contributed by atoms with Gasteiger partial charge in [0.1, 0.15) is 0 Å². The Morgan fingerprint density at radius 3 is 2.59 bits per heavy atom. The Kier molecular flexibility index (Phi) is 3.92. The summed E-state index contributed by atoms with van der Waals surface area (Å²) < 4.78 is 6.67. The van der Waals surface area contributed by atoms with E-state index in [0.717, 1.165) is 18.8 Å². The molecule has 0 N–H and O–H groups in total. The molecule has 0 saturated heterocycles. The van der Waals surface area contributed by atoms with Gasteiger partial charge < -0.3 is 4.74 Å². The van der Waals surface area contributed by atoms with Crippen molar-refractivity contribution in [3.05, 3.63) is 47.5 Å². The van der Waals surface area contributed by atoms with Crippen molar-refractivity contribution >= 4 is 10.8 Å². The van der Waals surface area contributed by atoms with Gasteiger partial charge in [0.05, 0.1) is 12.2 Å². The summed E-state index contributed by atoms with van der Waals surface area (Å²) in [6.07, 6.45) is 9.85. The Morgan fingerprint density at radius 2 is 1.82 bits per heavy atom. The molecule has 116 valence electrons. The van der Waals surface area contributed by atoms with Gasteiger partial charge in [-0.15, -0.1) is 0 Å². The van der Waals surface area contributed by atoms with Crippen molar-refractivity contribution in [2.75, 3.05) is 0 Å². The lowest BCUT2D eigenvalue weighted by Crippen LogP contribution is -2.27. The van der Waals surface area contributed by atoms with Crippen LogP contribution < -0.4 is 0 Å². The van der Waals surface area contributed by atoms with E-state index in [1.165, 1.54) is 54.0 Å². The highest BCUT2D eigenvalue weighted by Gasteiger charge is 2.30. The van der Waals surface area contributed by atoms with Crippen LogP contribution in [-0.2, 0) is 11.2 Å². The summed E-state index contributed by atoms with van der Waals surface area (Å²) in [5.41, 5.74) is 2.89. The average Bonchev–Trinajstić information content (AvgIpc) is 2.94. The van der Waals surface area contributed by atoms with Gasteiger partial charge in [-0.2, -0.15) is 0 Å². The van der Waals surface area contributed by atoms with Gasteiger partial charge in [0.15, 0.2) is 0 Å². The number of rotatable bonds is 4. The Hall–Kier alpha value is -1.34. The minimum absolute atomic E-state index is 0.271. The zero-order chi connectivity index (χ0) is 14.9. The van der Waals surface area contributed by atoms with Crippen LogP contribution in [0.25, 0.3) is 10.8 Å². The molecule has 1 nitrogen and oxygen atoms in total. The molecule has 0 aromatic heterocycles. The normalized spacial score (nSPS) is 23.0. The third kappa shape index (κ3) is 2.46. The van der Waals surface area contributed by atoms with Gasteiger partial charge in [0.2, 0.25) is 0 Å². The van der Waals surface area contributed by atoms with E-state index in [4.69, 9.17) is 4.74 Å². The van der Waals surface area contributed by atoms with E-state index in [1.807, 2.05) is 0 Å². The molecule has 0 bridgehead atoms. The summed E-state index contributed by atoms with van der Waals surface area (Å²) in [6, 6.07) is 13.4. The molecule has 0 spiro atoms. The van der Waals surface area contributed by atoms with Crippen LogP contribution in [0, 0.1) is 5.92 Å². The maximum absolute atomic E-state index is 6.67. The molecule has 2 aromatic rings. The molecule has 1 heteroatoms. The molecule has 2 aromatic carbocycles. The first-order valence-corrected chi connectivity index (χ1v) is 9.03. The molecular weight excluding hydrogens is 268 g/mol. The van der Waals surface area contributed by atoms with E-state index in [2.05, 4.69) is 43.3 Å². The molecule has 0 radical (unpaired) electrons. The predicted molar refractivity (Wildman–Crippen MR) is 92.1 cm³/mol. The third-order valence-electron chi connectivity index (χ3n) is 5.69. The highest BCUT2D eigenvalue weighted by Crippen LogP contribution is 2.41. The Bertz CT molecular complexity index is 649. The average molecular weight is 294 g/mol. The Labute approximate surface area is 133 Å². The molecule has 1 fully saturated rings. The van der Waals surface area contributed by atoms with E-state index < -0.39 is 0 Å². The van der Waals surface area contributed by atoms with Crippen LogP contribution in [0.3, 0.4) is 0 Å². The maximum Gasteiger partial charge on any atom is 0.0875 e. The quantitative estimate of drug-likeness (QED) is 0.691. The second-order valence-corrected chi connectivity index (χ2v) is 7.04. The zero-order valence-corrected chi connectivity index (χ0v) is 13.6. The Morgan fingerprint density at radius 1 is 1.05 bits per heavy atom. The van der Waals surface area contributed by atoms with Crippen LogP contribution in [-0.4, -0.2) is 6.10 Å². The van der Waals surface area contributed by atoms with E-state index in [1.54, 1.807) is 0 Å². The van der Waals surface area contributed by atoms with Gasteiger partial charge in [-0.25, -0.2) is 0 Å². The zero-order valence-electron chi connectivity index (χ0n) is 13.6. The van der Waals surface area contributed by atoms with Crippen molar-refractivity contribution in [1.82, 2.24) is 0 Å². The largest absolute Gasteiger partial charge is 0.370 e. The monoisotopic (exact) mass is 294 g/mol. The van der Waals surface area contributed by atoms with E-state index in [-0.39, 0.29) is 6.10 Å². The van der Waals surface area contributed by atoms with Crippen molar-refractivity contribution in [1.29, 1.82) is 0 Å². The molecule has 0 amide bonds. The van der Waals surface area contributed by atoms with Gasteiger partial charge in [0.25, 0.3) is 0 Å². The number of ether oxygens (including phenoxy) is 1. The van der Waals surface area contributed by atoms with Crippen molar-refractivity contribution in [3.63, 3.8) is 0 Å². The fourth-order valence-corrected chi connectivity index (χ4v) is 4.58. The van der Waals surface area contributed by atoms with Crippen LogP contribution in [0.15, 0.2) is 36.4 Å². The smallest absolute Gasteiger partial charge is 0.0875 e. The van der Waals surface area contributed by atoms with Gasteiger partial charge in [0, 0.05) is 6.42 Å². The fraction of sp³-hybridized carbons (Fsp3) is 0.524. The summed E-state index contributed by atoms with van der Waals surface area (Å²) >= 11 is 0. The van der Waals surface area contributed by atoms with Crippen molar-refractivity contribution < 1.29 is 4.74 Å². The molecule has 4 rings (SSSR count). The molecule has 0 aliphatic heterocycles. The van der Waals surface area contributed by atoms with Crippen molar-refractivity contribution in [2.45, 2.75) is 64.1 Å². The molecule has 2 atom stereocenters. The second-order valence-electron chi connectivity index (χ2n) is 7.04. The molecule has 2 aliphatic carbocycles. The van der Waals surface area contributed by atoms with Gasteiger partial charge >= 0.3 is 0 Å². The minimum atomic E-state index is 0.271. The van der Waals surface area contributed by atoms with Gasteiger partial charge in [-0.3, -0.25) is 0 Å². The highest BCUT2D eigenvalue weighted by molar-refractivity contribution is 5.91. The molecule has 1 saturated carbocycles. The number of hydrogen-bond donors (Lipinski definition) is 0. The van der Waals surface area contributed by atoms with E-state index in [9.17, 15) is 0 Å². The first-order chi connectivity index (χ1) is 10.9. The standard InChI is InChI=1S/C21H26O/c1-2-19(15-8-4-3-5-9-15)22-20-14-17-12-6-10-16-11-7-13-18(20)21(16)17/h6-7,10-13,15,19-20H,2-5,8-9,14H2,1H3. The van der Waals surface area contributed by atoms with E-state index >= 15 is 0 Å². The molecule has 2 unspecified atom stereocenters. The van der Waals surface area contributed by atoms with Gasteiger partial charge in [-0.1, -0.05) is 62.6 Å². The van der Waals surface area contributed by atoms with Crippen LogP contribution in [0.2, 0.25) is 0 Å². The van der Waals surface area contributed by atoms with Crippen molar-refractivity contribution in [3.8, 4) is 0 Å². The van der Waals surface area contributed by atoms with Crippen LogP contribution >= 0.6 is 0 Å². The summed E-state index contributed by atoms with van der Waals surface area (Å²) in [5.74, 6) is 0.779. The fourth-order valence-electron chi connectivity index (χ4n) is 4.58. The van der Waals surface area contributed by atoms with Crippen molar-refractivity contribution in [2.24, 2.45) is 5.92 Å². The van der Waals surface area contributed by atoms with Gasteiger partial charge in [-0.05, 0) is 47.1 Å². The lowest BCUT2D eigenvalue weighted by atomic mass is 9.84.